The SMILES string of the molecule is COc1ccc(CNC(=O)CCN(c2c(C)cccc2C)S(C)(=O)=O)cc1. The molecule has 6 nitrogen and oxygen atoms in total. The van der Waals surface area contributed by atoms with Crippen LogP contribution < -0.4 is 14.4 Å². The summed E-state index contributed by atoms with van der Waals surface area (Å²) in [5.41, 5.74) is 3.31. The van der Waals surface area contributed by atoms with Crippen molar-refractivity contribution in [1.29, 1.82) is 0 Å². The highest BCUT2D eigenvalue weighted by Crippen LogP contribution is 2.26. The molecule has 27 heavy (non-hydrogen) atoms. The summed E-state index contributed by atoms with van der Waals surface area (Å²) in [6.45, 7) is 4.21. The number of carbonyl (C=O) groups excluding carboxylic acids is 1. The Morgan fingerprint density at radius 2 is 1.67 bits per heavy atom. The van der Waals surface area contributed by atoms with Crippen LogP contribution in [0.3, 0.4) is 0 Å². The number of rotatable bonds is 8. The number of methoxy groups -OCH3 is 1. The van der Waals surface area contributed by atoms with Crippen molar-refractivity contribution < 1.29 is 17.9 Å². The average Bonchev–Trinajstić information content (AvgIpc) is 2.61. The fourth-order valence-corrected chi connectivity index (χ4v) is 3.92. The molecule has 0 aromatic heterocycles. The zero-order valence-electron chi connectivity index (χ0n) is 16.2. The normalized spacial score (nSPS) is 11.1. The molecule has 0 atom stereocenters. The number of nitrogens with one attached hydrogen (secondary N) is 1. The molecule has 0 saturated heterocycles. The third-order valence-corrected chi connectivity index (χ3v) is 5.45. The van der Waals surface area contributed by atoms with Crippen LogP contribution in [-0.2, 0) is 21.4 Å². The quantitative estimate of drug-likeness (QED) is 0.752. The van der Waals surface area contributed by atoms with E-state index in [9.17, 15) is 13.2 Å². The first-order chi connectivity index (χ1) is 12.7. The van der Waals surface area contributed by atoms with Gasteiger partial charge in [-0.1, -0.05) is 30.3 Å². The lowest BCUT2D eigenvalue weighted by Crippen LogP contribution is -2.35. The van der Waals surface area contributed by atoms with Gasteiger partial charge in [0.05, 0.1) is 19.1 Å². The van der Waals surface area contributed by atoms with Crippen molar-refractivity contribution in [3.8, 4) is 5.75 Å². The summed E-state index contributed by atoms with van der Waals surface area (Å²) in [5, 5.41) is 2.82. The van der Waals surface area contributed by atoms with Crippen molar-refractivity contribution in [2.75, 3.05) is 24.2 Å². The lowest BCUT2D eigenvalue weighted by molar-refractivity contribution is -0.121. The Kier molecular flexibility index (Phi) is 6.85. The van der Waals surface area contributed by atoms with Gasteiger partial charge in [0, 0.05) is 19.5 Å². The Labute approximate surface area is 161 Å². The highest BCUT2D eigenvalue weighted by Gasteiger charge is 2.21. The Morgan fingerprint density at radius 3 is 2.19 bits per heavy atom. The first kappa shape index (κ1) is 20.8. The molecule has 0 aliphatic carbocycles. The number of hydrogen-bond acceptors (Lipinski definition) is 4. The second kappa shape index (κ2) is 8.90. The molecule has 146 valence electrons. The van der Waals surface area contributed by atoms with Crippen molar-refractivity contribution in [3.05, 3.63) is 59.2 Å². The van der Waals surface area contributed by atoms with E-state index in [1.807, 2.05) is 56.3 Å². The van der Waals surface area contributed by atoms with Crippen molar-refractivity contribution in [3.63, 3.8) is 0 Å². The predicted molar refractivity (Wildman–Crippen MR) is 108 cm³/mol. The molecule has 1 amide bonds. The topological polar surface area (TPSA) is 75.7 Å². The van der Waals surface area contributed by atoms with E-state index in [2.05, 4.69) is 5.32 Å². The van der Waals surface area contributed by atoms with Gasteiger partial charge < -0.3 is 10.1 Å². The second-order valence-electron chi connectivity index (χ2n) is 6.45. The van der Waals surface area contributed by atoms with Crippen LogP contribution in [0, 0.1) is 13.8 Å². The Bertz CT molecular complexity index is 872. The fourth-order valence-electron chi connectivity index (χ4n) is 2.88. The van der Waals surface area contributed by atoms with Crippen molar-refractivity contribution in [2.45, 2.75) is 26.8 Å². The summed E-state index contributed by atoms with van der Waals surface area (Å²) < 4.78 is 31.0. The molecule has 0 unspecified atom stereocenters. The first-order valence-electron chi connectivity index (χ1n) is 8.66. The van der Waals surface area contributed by atoms with E-state index in [1.165, 1.54) is 4.31 Å². The van der Waals surface area contributed by atoms with Gasteiger partial charge in [-0.25, -0.2) is 8.42 Å². The number of carbonyl (C=O) groups is 1. The molecule has 0 fully saturated rings. The van der Waals surface area contributed by atoms with Crippen LogP contribution in [0.4, 0.5) is 5.69 Å². The average molecular weight is 391 g/mol. The van der Waals surface area contributed by atoms with E-state index in [0.29, 0.717) is 12.2 Å². The number of ether oxygens (including phenoxy) is 1. The predicted octanol–water partition coefficient (Wildman–Crippen LogP) is 2.78. The Balaban J connectivity index is 2.01. The molecule has 7 heteroatoms. The number of aryl methyl sites for hydroxylation is 2. The molecule has 2 rings (SSSR count). The molecule has 0 aliphatic rings. The van der Waals surface area contributed by atoms with E-state index >= 15 is 0 Å². The second-order valence-corrected chi connectivity index (χ2v) is 8.36. The Morgan fingerprint density at radius 1 is 1.07 bits per heavy atom. The van der Waals surface area contributed by atoms with Crippen molar-refractivity contribution in [1.82, 2.24) is 5.32 Å². The van der Waals surface area contributed by atoms with Crippen LogP contribution in [-0.4, -0.2) is 34.2 Å². The number of benzene rings is 2. The number of nitrogens with zero attached hydrogens (tertiary/aromatic N) is 1. The highest BCUT2D eigenvalue weighted by molar-refractivity contribution is 7.92. The van der Waals surface area contributed by atoms with Crippen molar-refractivity contribution >= 4 is 21.6 Å². The van der Waals surface area contributed by atoms with E-state index in [0.717, 1.165) is 28.7 Å². The van der Waals surface area contributed by atoms with Crippen LogP contribution in [0.5, 0.6) is 5.75 Å². The molecule has 2 aromatic rings. The van der Waals surface area contributed by atoms with Gasteiger partial charge in [-0.15, -0.1) is 0 Å². The summed E-state index contributed by atoms with van der Waals surface area (Å²) >= 11 is 0. The third-order valence-electron chi connectivity index (χ3n) is 4.28. The minimum absolute atomic E-state index is 0.0804. The minimum atomic E-state index is -3.49. The molecule has 0 radical (unpaired) electrons. The largest absolute Gasteiger partial charge is 0.497 e. The maximum atomic E-state index is 12.3. The monoisotopic (exact) mass is 390 g/mol. The van der Waals surface area contributed by atoms with Crippen LogP contribution in [0.25, 0.3) is 0 Å². The molecule has 0 saturated carbocycles. The number of anilines is 1. The lowest BCUT2D eigenvalue weighted by atomic mass is 10.1. The number of sulfonamides is 1. The van der Waals surface area contributed by atoms with Gasteiger partial charge in [0.25, 0.3) is 0 Å². The van der Waals surface area contributed by atoms with Gasteiger partial charge >= 0.3 is 0 Å². The highest BCUT2D eigenvalue weighted by atomic mass is 32.2. The van der Waals surface area contributed by atoms with Crippen LogP contribution >= 0.6 is 0 Å². The third kappa shape index (κ3) is 5.72. The molecule has 0 bridgehead atoms. The molecule has 1 N–H and O–H groups in total. The van der Waals surface area contributed by atoms with Crippen LogP contribution in [0.15, 0.2) is 42.5 Å². The summed E-state index contributed by atoms with van der Waals surface area (Å²) in [7, 11) is -1.90. The van der Waals surface area contributed by atoms with E-state index in [1.54, 1.807) is 7.11 Å². The van der Waals surface area contributed by atoms with Gasteiger partial charge in [0.15, 0.2) is 0 Å². The maximum absolute atomic E-state index is 12.3. The summed E-state index contributed by atoms with van der Waals surface area (Å²) in [4.78, 5) is 12.2. The lowest BCUT2D eigenvalue weighted by Gasteiger charge is -2.25. The van der Waals surface area contributed by atoms with Gasteiger partial charge in [-0.3, -0.25) is 9.10 Å². The van der Waals surface area contributed by atoms with Gasteiger partial charge in [0.2, 0.25) is 15.9 Å². The molecular weight excluding hydrogens is 364 g/mol. The van der Waals surface area contributed by atoms with Gasteiger partial charge in [-0.2, -0.15) is 0 Å². The van der Waals surface area contributed by atoms with E-state index in [4.69, 9.17) is 4.74 Å². The molecule has 0 aliphatic heterocycles. The Hall–Kier alpha value is -2.54. The first-order valence-corrected chi connectivity index (χ1v) is 10.5. The van der Waals surface area contributed by atoms with E-state index < -0.39 is 10.0 Å². The minimum Gasteiger partial charge on any atom is -0.497 e. The maximum Gasteiger partial charge on any atom is 0.232 e. The van der Waals surface area contributed by atoms with Gasteiger partial charge in [0.1, 0.15) is 5.75 Å². The molecule has 0 spiro atoms. The summed E-state index contributed by atoms with van der Waals surface area (Å²) in [6, 6.07) is 13.0. The molecule has 2 aromatic carbocycles. The molecule has 0 heterocycles. The number of amides is 1. The smallest absolute Gasteiger partial charge is 0.232 e. The van der Waals surface area contributed by atoms with Crippen LogP contribution in [0.1, 0.15) is 23.1 Å². The summed E-state index contributed by atoms with van der Waals surface area (Å²) in [6.07, 6.45) is 1.24. The van der Waals surface area contributed by atoms with Crippen molar-refractivity contribution in [2.24, 2.45) is 0 Å². The zero-order chi connectivity index (χ0) is 20.0. The zero-order valence-corrected chi connectivity index (χ0v) is 17.0. The number of hydrogen-bond donors (Lipinski definition) is 1. The summed E-state index contributed by atoms with van der Waals surface area (Å²) in [5.74, 6) is 0.549. The van der Waals surface area contributed by atoms with E-state index in [-0.39, 0.29) is 18.9 Å². The fraction of sp³-hybridized carbons (Fsp3) is 0.350. The standard InChI is InChI=1S/C20H26N2O4S/c1-15-6-5-7-16(2)20(15)22(27(4,24)25)13-12-19(23)21-14-17-8-10-18(26-3)11-9-17/h5-11H,12-14H2,1-4H3,(H,21,23). The molecular formula is C20H26N2O4S. The van der Waals surface area contributed by atoms with Crippen LogP contribution in [0.2, 0.25) is 0 Å². The van der Waals surface area contributed by atoms with Gasteiger partial charge in [-0.05, 0) is 42.7 Å². The number of para-hydroxylation sites is 1.